The molecular weight excluding hydrogens is 228 g/mol. The van der Waals surface area contributed by atoms with Crippen molar-refractivity contribution >= 4 is 6.01 Å². The van der Waals surface area contributed by atoms with Crippen molar-refractivity contribution in [1.29, 1.82) is 0 Å². The Labute approximate surface area is 107 Å². The van der Waals surface area contributed by atoms with E-state index >= 15 is 0 Å². The summed E-state index contributed by atoms with van der Waals surface area (Å²) in [6.45, 7) is 0.705. The molecule has 1 aromatic rings. The van der Waals surface area contributed by atoms with E-state index in [9.17, 15) is 0 Å². The van der Waals surface area contributed by atoms with Crippen molar-refractivity contribution in [2.24, 2.45) is 11.8 Å². The van der Waals surface area contributed by atoms with Crippen LogP contribution in [0.15, 0.2) is 4.42 Å². The van der Waals surface area contributed by atoms with E-state index in [-0.39, 0.29) is 0 Å². The maximum absolute atomic E-state index is 5.65. The molecule has 4 rings (SSSR count). The first-order valence-corrected chi connectivity index (χ1v) is 7.21. The number of hydrogen-bond acceptors (Lipinski definition) is 5. The fourth-order valence-electron chi connectivity index (χ4n) is 2.58. The molecule has 5 nitrogen and oxygen atoms in total. The summed E-state index contributed by atoms with van der Waals surface area (Å²) in [5.41, 5.74) is 0. The van der Waals surface area contributed by atoms with Gasteiger partial charge in [0.25, 0.3) is 0 Å². The highest BCUT2D eigenvalue weighted by Crippen LogP contribution is 2.45. The molecular formula is C13H20N4O. The zero-order valence-electron chi connectivity index (χ0n) is 10.6. The van der Waals surface area contributed by atoms with Crippen LogP contribution in [-0.2, 0) is 6.54 Å². The van der Waals surface area contributed by atoms with Crippen molar-refractivity contribution in [3.8, 4) is 0 Å². The van der Waals surface area contributed by atoms with Crippen LogP contribution in [0.1, 0.15) is 44.4 Å². The highest BCUT2D eigenvalue weighted by Gasteiger charge is 2.42. The van der Waals surface area contributed by atoms with Gasteiger partial charge < -0.3 is 15.1 Å². The molecule has 0 amide bonds. The maximum Gasteiger partial charge on any atom is 0.315 e. The second kappa shape index (κ2) is 4.23. The third kappa shape index (κ3) is 2.51. The average molecular weight is 248 g/mol. The molecule has 0 unspecified atom stereocenters. The lowest BCUT2D eigenvalue weighted by Crippen LogP contribution is -2.24. The zero-order chi connectivity index (χ0) is 11.9. The van der Waals surface area contributed by atoms with E-state index in [2.05, 4.69) is 20.8 Å². The molecule has 18 heavy (non-hydrogen) atoms. The van der Waals surface area contributed by atoms with E-state index in [0.717, 1.165) is 11.8 Å². The summed E-state index contributed by atoms with van der Waals surface area (Å²) in [4.78, 5) is 0. The van der Waals surface area contributed by atoms with Gasteiger partial charge in [0.15, 0.2) is 0 Å². The van der Waals surface area contributed by atoms with Crippen molar-refractivity contribution in [3.63, 3.8) is 0 Å². The number of hydrogen-bond donors (Lipinski definition) is 2. The Hall–Kier alpha value is -1.10. The highest BCUT2D eigenvalue weighted by atomic mass is 16.4. The van der Waals surface area contributed by atoms with Crippen molar-refractivity contribution in [2.75, 3.05) is 5.32 Å². The fraction of sp³-hybridized carbons (Fsp3) is 0.846. The molecule has 0 spiro atoms. The number of anilines is 1. The minimum atomic E-state index is 0.578. The standard InChI is InChI=1S/C13H20N4O/c1-2-8(1)12(9-3-4-9)15-13-17-16-11(18-13)7-14-10-5-6-10/h8-10,12,14H,1-7H2,(H,15,17). The molecule has 3 aliphatic rings. The van der Waals surface area contributed by atoms with Crippen LogP contribution >= 0.6 is 0 Å². The SMILES string of the molecule is C(NC1CC1)c1nnc(NC(C2CC2)C2CC2)o1. The van der Waals surface area contributed by atoms with Crippen LogP contribution in [-0.4, -0.2) is 22.3 Å². The zero-order valence-corrected chi connectivity index (χ0v) is 10.6. The van der Waals surface area contributed by atoms with E-state index in [1.807, 2.05) is 0 Å². The molecule has 0 radical (unpaired) electrons. The van der Waals surface area contributed by atoms with Crippen molar-refractivity contribution in [3.05, 3.63) is 5.89 Å². The first kappa shape index (κ1) is 10.8. The molecule has 2 N–H and O–H groups in total. The fourth-order valence-corrected chi connectivity index (χ4v) is 2.58. The predicted molar refractivity (Wildman–Crippen MR) is 67.0 cm³/mol. The van der Waals surface area contributed by atoms with Crippen LogP contribution in [0.25, 0.3) is 0 Å². The Bertz CT molecular complexity index is 408. The van der Waals surface area contributed by atoms with Crippen LogP contribution < -0.4 is 10.6 Å². The quantitative estimate of drug-likeness (QED) is 0.772. The minimum absolute atomic E-state index is 0.578. The van der Waals surface area contributed by atoms with Crippen LogP contribution in [0.3, 0.4) is 0 Å². The van der Waals surface area contributed by atoms with E-state index in [0.29, 0.717) is 30.5 Å². The number of rotatable bonds is 7. The summed E-state index contributed by atoms with van der Waals surface area (Å²) >= 11 is 0. The number of nitrogens with zero attached hydrogens (tertiary/aromatic N) is 2. The molecule has 5 heteroatoms. The van der Waals surface area contributed by atoms with Gasteiger partial charge in [0.2, 0.25) is 5.89 Å². The average Bonchev–Trinajstić information content (AvgIpc) is 3.24. The second-order valence-electron chi connectivity index (χ2n) is 6.00. The molecule has 98 valence electrons. The van der Waals surface area contributed by atoms with Gasteiger partial charge in [-0.25, -0.2) is 0 Å². The van der Waals surface area contributed by atoms with Crippen LogP contribution in [0.2, 0.25) is 0 Å². The van der Waals surface area contributed by atoms with Gasteiger partial charge in [-0.05, 0) is 50.4 Å². The first-order valence-electron chi connectivity index (χ1n) is 7.21. The molecule has 0 saturated heterocycles. The molecule has 3 fully saturated rings. The Morgan fingerprint density at radius 2 is 1.78 bits per heavy atom. The van der Waals surface area contributed by atoms with Gasteiger partial charge in [0, 0.05) is 12.1 Å². The number of aromatic nitrogens is 2. The molecule has 0 bridgehead atoms. The Morgan fingerprint density at radius 3 is 2.39 bits per heavy atom. The van der Waals surface area contributed by atoms with Gasteiger partial charge in [-0.1, -0.05) is 5.10 Å². The molecule has 0 atom stereocenters. The summed E-state index contributed by atoms with van der Waals surface area (Å²) in [7, 11) is 0. The smallest absolute Gasteiger partial charge is 0.315 e. The molecule has 1 aromatic heterocycles. The van der Waals surface area contributed by atoms with Gasteiger partial charge in [-0.2, -0.15) is 0 Å². The van der Waals surface area contributed by atoms with E-state index in [1.54, 1.807) is 0 Å². The second-order valence-corrected chi connectivity index (χ2v) is 6.00. The number of nitrogens with one attached hydrogen (secondary N) is 2. The first-order chi connectivity index (χ1) is 8.88. The largest absolute Gasteiger partial charge is 0.407 e. The summed E-state index contributed by atoms with van der Waals surface area (Å²) in [5.74, 6) is 2.39. The van der Waals surface area contributed by atoms with Crippen LogP contribution in [0, 0.1) is 11.8 Å². The minimum Gasteiger partial charge on any atom is -0.407 e. The Kier molecular flexibility index (Phi) is 2.53. The summed E-state index contributed by atoms with van der Waals surface area (Å²) in [5, 5.41) is 15.0. The van der Waals surface area contributed by atoms with Crippen LogP contribution in [0.4, 0.5) is 6.01 Å². The van der Waals surface area contributed by atoms with Gasteiger partial charge in [0.1, 0.15) is 0 Å². The van der Waals surface area contributed by atoms with E-state index < -0.39 is 0 Å². The lowest BCUT2D eigenvalue weighted by molar-refractivity contribution is 0.461. The lowest BCUT2D eigenvalue weighted by atomic mass is 10.1. The molecule has 0 aromatic carbocycles. The van der Waals surface area contributed by atoms with Gasteiger partial charge in [0.05, 0.1) is 6.54 Å². The van der Waals surface area contributed by atoms with Crippen molar-refractivity contribution < 1.29 is 4.42 Å². The third-order valence-electron chi connectivity index (χ3n) is 4.14. The van der Waals surface area contributed by atoms with Crippen molar-refractivity contribution in [1.82, 2.24) is 15.5 Å². The predicted octanol–water partition coefficient (Wildman–Crippen LogP) is 1.92. The Morgan fingerprint density at radius 1 is 1.06 bits per heavy atom. The van der Waals surface area contributed by atoms with E-state index in [4.69, 9.17) is 4.42 Å². The van der Waals surface area contributed by atoms with Crippen LogP contribution in [0.5, 0.6) is 0 Å². The molecule has 3 aliphatic carbocycles. The van der Waals surface area contributed by atoms with Gasteiger partial charge in [-0.15, -0.1) is 5.10 Å². The maximum atomic E-state index is 5.65. The normalized spacial score (nSPS) is 23.6. The lowest BCUT2D eigenvalue weighted by Gasteiger charge is -2.15. The summed E-state index contributed by atoms with van der Waals surface area (Å²) in [6, 6.07) is 1.88. The monoisotopic (exact) mass is 248 g/mol. The summed E-state index contributed by atoms with van der Waals surface area (Å²) in [6.07, 6.45) is 8.00. The van der Waals surface area contributed by atoms with Gasteiger partial charge in [-0.3, -0.25) is 0 Å². The molecule has 3 saturated carbocycles. The topological polar surface area (TPSA) is 63.0 Å². The highest BCUT2D eigenvalue weighted by molar-refractivity contribution is 5.23. The molecule has 0 aliphatic heterocycles. The molecule has 1 heterocycles. The van der Waals surface area contributed by atoms with Gasteiger partial charge >= 0.3 is 6.01 Å². The third-order valence-corrected chi connectivity index (χ3v) is 4.14. The van der Waals surface area contributed by atoms with Crippen molar-refractivity contribution in [2.45, 2.75) is 57.2 Å². The summed E-state index contributed by atoms with van der Waals surface area (Å²) < 4.78 is 5.65. The Balaban J connectivity index is 1.34. The van der Waals surface area contributed by atoms with E-state index in [1.165, 1.54) is 38.5 Å².